The number of anilines is 1. The van der Waals surface area contributed by atoms with Crippen LogP contribution in [0.5, 0.6) is 0 Å². The van der Waals surface area contributed by atoms with Crippen molar-refractivity contribution in [2.45, 2.75) is 31.8 Å². The van der Waals surface area contributed by atoms with Crippen molar-refractivity contribution in [3.05, 3.63) is 83.4 Å². The van der Waals surface area contributed by atoms with Crippen LogP contribution in [0.3, 0.4) is 0 Å². The Morgan fingerprint density at radius 3 is 2.70 bits per heavy atom. The molecule has 1 aromatic heterocycles. The second-order valence-corrected chi connectivity index (χ2v) is 6.74. The molecule has 0 fully saturated rings. The van der Waals surface area contributed by atoms with E-state index < -0.39 is 0 Å². The maximum atomic E-state index is 13.0. The zero-order valence-corrected chi connectivity index (χ0v) is 14.9. The third-order valence-corrected chi connectivity index (χ3v) is 4.85. The maximum absolute atomic E-state index is 13.0. The molecule has 27 heavy (non-hydrogen) atoms. The van der Waals surface area contributed by atoms with Crippen molar-refractivity contribution in [1.82, 2.24) is 15.1 Å². The molecule has 1 heterocycles. The van der Waals surface area contributed by atoms with Gasteiger partial charge in [-0.3, -0.25) is 4.68 Å². The summed E-state index contributed by atoms with van der Waals surface area (Å²) in [6.07, 6.45) is 4.69. The van der Waals surface area contributed by atoms with Crippen molar-refractivity contribution in [1.29, 1.82) is 0 Å². The molecule has 4 rings (SSSR count). The lowest BCUT2D eigenvalue weighted by Crippen LogP contribution is -2.34. The van der Waals surface area contributed by atoms with E-state index in [1.165, 1.54) is 23.4 Å². The monoisotopic (exact) mass is 364 g/mol. The standard InChI is InChI=1S/C21H21FN4O/c22-16-9-11-17(12-10-16)24-21(27)25-19-7-4-8-20-18(19)13-23-26(20)14-15-5-2-1-3-6-15/h1-3,5-6,9-13,19H,4,7-8,14H2,(H2,24,25,27)/t19-/m1/s1. The quantitative estimate of drug-likeness (QED) is 0.726. The van der Waals surface area contributed by atoms with Gasteiger partial charge in [0.05, 0.1) is 18.8 Å². The summed E-state index contributed by atoms with van der Waals surface area (Å²) in [6, 6.07) is 15.6. The van der Waals surface area contributed by atoms with Crippen LogP contribution in [0.2, 0.25) is 0 Å². The Labute approximate surface area is 157 Å². The smallest absolute Gasteiger partial charge is 0.319 e. The summed E-state index contributed by atoms with van der Waals surface area (Å²) in [4.78, 5) is 12.3. The zero-order chi connectivity index (χ0) is 18.6. The van der Waals surface area contributed by atoms with Gasteiger partial charge >= 0.3 is 6.03 Å². The summed E-state index contributed by atoms with van der Waals surface area (Å²) in [5, 5.41) is 10.3. The van der Waals surface area contributed by atoms with Crippen LogP contribution in [-0.2, 0) is 13.0 Å². The first kappa shape index (κ1) is 17.3. The molecular weight excluding hydrogens is 343 g/mol. The minimum absolute atomic E-state index is 0.0706. The van der Waals surface area contributed by atoms with Crippen LogP contribution in [-0.4, -0.2) is 15.8 Å². The lowest BCUT2D eigenvalue weighted by molar-refractivity contribution is 0.247. The Morgan fingerprint density at radius 1 is 1.15 bits per heavy atom. The van der Waals surface area contributed by atoms with Crippen LogP contribution in [0.1, 0.15) is 35.7 Å². The van der Waals surface area contributed by atoms with E-state index in [4.69, 9.17) is 0 Å². The molecule has 5 nitrogen and oxygen atoms in total. The number of fused-ring (bicyclic) bond motifs is 1. The lowest BCUT2D eigenvalue weighted by atomic mass is 9.93. The van der Waals surface area contributed by atoms with E-state index in [2.05, 4.69) is 27.9 Å². The van der Waals surface area contributed by atoms with Gasteiger partial charge in [0.25, 0.3) is 0 Å². The first-order valence-corrected chi connectivity index (χ1v) is 9.10. The number of rotatable bonds is 4. The number of aromatic nitrogens is 2. The van der Waals surface area contributed by atoms with Gasteiger partial charge in [-0.2, -0.15) is 5.10 Å². The van der Waals surface area contributed by atoms with E-state index >= 15 is 0 Å². The van der Waals surface area contributed by atoms with Crippen molar-refractivity contribution in [2.75, 3.05) is 5.32 Å². The highest BCUT2D eigenvalue weighted by atomic mass is 19.1. The number of hydrogen-bond acceptors (Lipinski definition) is 2. The van der Waals surface area contributed by atoms with E-state index in [0.717, 1.165) is 31.4 Å². The number of hydrogen-bond donors (Lipinski definition) is 2. The lowest BCUT2D eigenvalue weighted by Gasteiger charge is -2.24. The van der Waals surface area contributed by atoms with Gasteiger partial charge in [-0.25, -0.2) is 9.18 Å². The highest BCUT2D eigenvalue weighted by Gasteiger charge is 2.25. The molecule has 0 saturated heterocycles. The highest BCUT2D eigenvalue weighted by Crippen LogP contribution is 2.30. The Morgan fingerprint density at radius 2 is 1.93 bits per heavy atom. The van der Waals surface area contributed by atoms with Gasteiger partial charge in [0.2, 0.25) is 0 Å². The van der Waals surface area contributed by atoms with Gasteiger partial charge in [0, 0.05) is 16.9 Å². The molecule has 0 bridgehead atoms. The van der Waals surface area contributed by atoms with Crippen LogP contribution in [0.4, 0.5) is 14.9 Å². The predicted molar refractivity (Wildman–Crippen MR) is 102 cm³/mol. The van der Waals surface area contributed by atoms with E-state index in [1.54, 1.807) is 12.1 Å². The molecule has 1 aliphatic carbocycles. The maximum Gasteiger partial charge on any atom is 0.319 e. The number of amides is 2. The van der Waals surface area contributed by atoms with Crippen molar-refractivity contribution in [3.63, 3.8) is 0 Å². The zero-order valence-electron chi connectivity index (χ0n) is 14.9. The predicted octanol–water partition coefficient (Wildman–Crippen LogP) is 4.27. The van der Waals surface area contributed by atoms with Gasteiger partial charge in [-0.05, 0) is 49.1 Å². The fourth-order valence-corrected chi connectivity index (χ4v) is 3.52. The Bertz CT molecular complexity index is 921. The van der Waals surface area contributed by atoms with Crippen molar-refractivity contribution < 1.29 is 9.18 Å². The summed E-state index contributed by atoms with van der Waals surface area (Å²) in [6.45, 7) is 0.727. The molecule has 0 unspecified atom stereocenters. The van der Waals surface area contributed by atoms with E-state index in [9.17, 15) is 9.18 Å². The second kappa shape index (κ2) is 7.61. The normalized spacial score (nSPS) is 15.8. The molecule has 0 spiro atoms. The average molecular weight is 364 g/mol. The summed E-state index contributed by atoms with van der Waals surface area (Å²) >= 11 is 0. The number of urea groups is 1. The number of halogens is 1. The first-order chi connectivity index (χ1) is 13.2. The fourth-order valence-electron chi connectivity index (χ4n) is 3.52. The van der Waals surface area contributed by atoms with Crippen molar-refractivity contribution in [3.8, 4) is 0 Å². The summed E-state index contributed by atoms with van der Waals surface area (Å²) in [5.74, 6) is -0.330. The molecule has 0 saturated carbocycles. The van der Waals surface area contributed by atoms with Gasteiger partial charge in [0.15, 0.2) is 0 Å². The van der Waals surface area contributed by atoms with Crippen LogP contribution in [0.15, 0.2) is 60.8 Å². The van der Waals surface area contributed by atoms with Gasteiger partial charge < -0.3 is 10.6 Å². The molecule has 2 amide bonds. The largest absolute Gasteiger partial charge is 0.331 e. The van der Waals surface area contributed by atoms with E-state index in [0.29, 0.717) is 5.69 Å². The van der Waals surface area contributed by atoms with Gasteiger partial charge in [-0.15, -0.1) is 0 Å². The Hall–Kier alpha value is -3.15. The molecule has 2 aromatic carbocycles. The number of benzene rings is 2. The molecule has 2 N–H and O–H groups in total. The number of nitrogens with one attached hydrogen (secondary N) is 2. The van der Waals surface area contributed by atoms with Gasteiger partial charge in [-0.1, -0.05) is 30.3 Å². The van der Waals surface area contributed by atoms with Crippen LogP contribution < -0.4 is 10.6 Å². The molecule has 0 radical (unpaired) electrons. The van der Waals surface area contributed by atoms with Crippen LogP contribution in [0.25, 0.3) is 0 Å². The highest BCUT2D eigenvalue weighted by molar-refractivity contribution is 5.89. The Kier molecular flexibility index (Phi) is 4.87. The first-order valence-electron chi connectivity index (χ1n) is 9.10. The number of nitrogens with zero attached hydrogens (tertiary/aromatic N) is 2. The molecule has 0 aliphatic heterocycles. The molecular formula is C21H21FN4O. The summed E-state index contributed by atoms with van der Waals surface area (Å²) in [5.41, 5.74) is 4.01. The molecule has 1 atom stereocenters. The van der Waals surface area contributed by atoms with Gasteiger partial charge in [0.1, 0.15) is 5.82 Å². The second-order valence-electron chi connectivity index (χ2n) is 6.74. The third-order valence-electron chi connectivity index (χ3n) is 4.85. The third kappa shape index (κ3) is 4.00. The minimum atomic E-state index is -0.330. The molecule has 3 aromatic rings. The summed E-state index contributed by atoms with van der Waals surface area (Å²) < 4.78 is 15.0. The summed E-state index contributed by atoms with van der Waals surface area (Å²) in [7, 11) is 0. The molecule has 6 heteroatoms. The topological polar surface area (TPSA) is 59.0 Å². The van der Waals surface area contributed by atoms with Crippen molar-refractivity contribution >= 4 is 11.7 Å². The minimum Gasteiger partial charge on any atom is -0.331 e. The number of carbonyl (C=O) groups is 1. The SMILES string of the molecule is O=C(Nc1ccc(F)cc1)N[C@@H]1CCCc2c1cnn2Cc1ccccc1. The van der Waals surface area contributed by atoms with E-state index in [1.807, 2.05) is 29.1 Å². The molecule has 138 valence electrons. The fraction of sp³-hybridized carbons (Fsp3) is 0.238. The average Bonchev–Trinajstić information content (AvgIpc) is 3.08. The Balaban J connectivity index is 1.45. The van der Waals surface area contributed by atoms with Crippen LogP contribution in [0, 0.1) is 5.82 Å². The number of carbonyl (C=O) groups excluding carboxylic acids is 1. The molecule has 1 aliphatic rings. The van der Waals surface area contributed by atoms with E-state index in [-0.39, 0.29) is 17.9 Å². The van der Waals surface area contributed by atoms with Crippen LogP contribution >= 0.6 is 0 Å². The van der Waals surface area contributed by atoms with Crippen molar-refractivity contribution in [2.24, 2.45) is 0 Å².